The second-order valence-electron chi connectivity index (χ2n) is 5.76. The number of rotatable bonds is 3. The third-order valence-corrected chi connectivity index (χ3v) is 4.36. The van der Waals surface area contributed by atoms with Crippen LogP contribution in [0.15, 0.2) is 24.4 Å². The van der Waals surface area contributed by atoms with Gasteiger partial charge in [0.05, 0.1) is 11.7 Å². The van der Waals surface area contributed by atoms with Gasteiger partial charge in [0.15, 0.2) is 0 Å². The molecule has 3 rings (SSSR count). The molecule has 1 aliphatic carbocycles. The fourth-order valence-corrected chi connectivity index (χ4v) is 3.17. The number of amides is 1. The number of aromatic nitrogens is 2. The Kier molecular flexibility index (Phi) is 4.44. The monoisotopic (exact) mass is 305 g/mol. The average molecular weight is 306 g/mol. The summed E-state index contributed by atoms with van der Waals surface area (Å²) in [6.45, 7) is 0.250. The molecule has 4 nitrogen and oxygen atoms in total. The van der Waals surface area contributed by atoms with E-state index in [1.165, 1.54) is 25.7 Å². The van der Waals surface area contributed by atoms with Gasteiger partial charge in [0.1, 0.15) is 6.54 Å². The summed E-state index contributed by atoms with van der Waals surface area (Å²) < 4.78 is 1.72. The van der Waals surface area contributed by atoms with Crippen molar-refractivity contribution >= 4 is 28.4 Å². The highest BCUT2D eigenvalue weighted by molar-refractivity contribution is 6.31. The van der Waals surface area contributed by atoms with E-state index in [9.17, 15) is 4.79 Å². The Labute approximate surface area is 129 Å². The van der Waals surface area contributed by atoms with Crippen molar-refractivity contribution in [2.24, 2.45) is 0 Å². The van der Waals surface area contributed by atoms with Gasteiger partial charge in [-0.15, -0.1) is 0 Å². The van der Waals surface area contributed by atoms with E-state index < -0.39 is 0 Å². The number of hydrogen-bond acceptors (Lipinski definition) is 2. The van der Waals surface area contributed by atoms with Gasteiger partial charge in [-0.1, -0.05) is 37.3 Å². The zero-order chi connectivity index (χ0) is 14.7. The van der Waals surface area contributed by atoms with Crippen molar-refractivity contribution in [1.82, 2.24) is 15.1 Å². The van der Waals surface area contributed by atoms with Crippen LogP contribution in [-0.4, -0.2) is 21.7 Å². The van der Waals surface area contributed by atoms with Crippen LogP contribution in [0.3, 0.4) is 0 Å². The number of nitrogens with zero attached hydrogens (tertiary/aromatic N) is 2. The minimum Gasteiger partial charge on any atom is -0.352 e. The third kappa shape index (κ3) is 3.56. The van der Waals surface area contributed by atoms with E-state index >= 15 is 0 Å². The molecular weight excluding hydrogens is 286 g/mol. The fraction of sp³-hybridized carbons (Fsp3) is 0.500. The molecule has 2 aromatic rings. The molecule has 0 atom stereocenters. The number of halogens is 1. The number of nitrogens with one attached hydrogen (secondary N) is 1. The van der Waals surface area contributed by atoms with Gasteiger partial charge < -0.3 is 5.32 Å². The first-order valence-corrected chi connectivity index (χ1v) is 8.00. The number of hydrogen-bond donors (Lipinski definition) is 1. The lowest BCUT2D eigenvalue weighted by molar-refractivity contribution is -0.122. The molecule has 0 aliphatic heterocycles. The van der Waals surface area contributed by atoms with Crippen LogP contribution in [0.25, 0.3) is 10.9 Å². The first-order valence-electron chi connectivity index (χ1n) is 7.63. The predicted octanol–water partition coefficient (Wildman–Crippen LogP) is 3.53. The maximum Gasteiger partial charge on any atom is 0.241 e. The SMILES string of the molecule is O=C(Cn1ncc2ccc(Cl)cc21)NC1CCCCCC1. The summed E-state index contributed by atoms with van der Waals surface area (Å²) in [6.07, 6.45) is 8.96. The molecule has 1 N–H and O–H groups in total. The van der Waals surface area contributed by atoms with Crippen LogP contribution in [0.4, 0.5) is 0 Å². The summed E-state index contributed by atoms with van der Waals surface area (Å²) in [7, 11) is 0. The van der Waals surface area contributed by atoms with Crippen molar-refractivity contribution in [3.63, 3.8) is 0 Å². The summed E-state index contributed by atoms with van der Waals surface area (Å²) >= 11 is 6.02. The molecule has 1 fully saturated rings. The van der Waals surface area contributed by atoms with E-state index in [-0.39, 0.29) is 12.5 Å². The molecule has 112 valence electrons. The Hall–Kier alpha value is -1.55. The van der Waals surface area contributed by atoms with Crippen LogP contribution >= 0.6 is 11.6 Å². The highest BCUT2D eigenvalue weighted by Crippen LogP contribution is 2.19. The third-order valence-electron chi connectivity index (χ3n) is 4.12. The van der Waals surface area contributed by atoms with Crippen LogP contribution in [0.2, 0.25) is 5.02 Å². The van der Waals surface area contributed by atoms with E-state index in [0.29, 0.717) is 11.1 Å². The predicted molar refractivity (Wildman–Crippen MR) is 84.4 cm³/mol. The highest BCUT2D eigenvalue weighted by atomic mass is 35.5. The Morgan fingerprint density at radius 2 is 2.05 bits per heavy atom. The quantitative estimate of drug-likeness (QED) is 0.882. The Balaban J connectivity index is 1.67. The van der Waals surface area contributed by atoms with Crippen molar-refractivity contribution in [3.8, 4) is 0 Å². The maximum atomic E-state index is 12.2. The Bertz CT molecular complexity index is 629. The summed E-state index contributed by atoms with van der Waals surface area (Å²) in [5.74, 6) is 0.0341. The summed E-state index contributed by atoms with van der Waals surface area (Å²) in [5.41, 5.74) is 0.901. The van der Waals surface area contributed by atoms with Gasteiger partial charge in [-0.05, 0) is 31.0 Å². The van der Waals surface area contributed by atoms with Crippen LogP contribution in [0, 0.1) is 0 Å². The first-order chi connectivity index (χ1) is 10.2. The Morgan fingerprint density at radius 3 is 2.81 bits per heavy atom. The Morgan fingerprint density at radius 1 is 1.29 bits per heavy atom. The first kappa shape index (κ1) is 14.4. The minimum absolute atomic E-state index is 0.0341. The van der Waals surface area contributed by atoms with Crippen LogP contribution in [0.5, 0.6) is 0 Å². The molecule has 5 heteroatoms. The molecule has 1 aromatic heterocycles. The molecule has 0 unspecified atom stereocenters. The molecule has 1 heterocycles. The fourth-order valence-electron chi connectivity index (χ4n) is 3.00. The van der Waals surface area contributed by atoms with E-state index in [1.54, 1.807) is 10.9 Å². The molecule has 1 amide bonds. The second-order valence-corrected chi connectivity index (χ2v) is 6.20. The molecular formula is C16H20ClN3O. The molecule has 0 spiro atoms. The number of benzene rings is 1. The van der Waals surface area contributed by atoms with E-state index in [2.05, 4.69) is 10.4 Å². The van der Waals surface area contributed by atoms with Crippen LogP contribution in [-0.2, 0) is 11.3 Å². The maximum absolute atomic E-state index is 12.2. The van der Waals surface area contributed by atoms with Gasteiger partial charge in [0, 0.05) is 16.5 Å². The van der Waals surface area contributed by atoms with Gasteiger partial charge in [-0.25, -0.2) is 0 Å². The molecule has 1 aromatic carbocycles. The van der Waals surface area contributed by atoms with Crippen LogP contribution in [0.1, 0.15) is 38.5 Å². The molecule has 0 bridgehead atoms. The van der Waals surface area contributed by atoms with E-state index in [0.717, 1.165) is 23.7 Å². The molecule has 1 aliphatic rings. The molecule has 0 saturated heterocycles. The highest BCUT2D eigenvalue weighted by Gasteiger charge is 2.15. The zero-order valence-electron chi connectivity index (χ0n) is 12.0. The van der Waals surface area contributed by atoms with Gasteiger partial charge >= 0.3 is 0 Å². The lowest BCUT2D eigenvalue weighted by atomic mass is 10.1. The van der Waals surface area contributed by atoms with Crippen molar-refractivity contribution in [2.75, 3.05) is 0 Å². The van der Waals surface area contributed by atoms with Gasteiger partial charge in [-0.3, -0.25) is 9.48 Å². The lowest BCUT2D eigenvalue weighted by Crippen LogP contribution is -2.36. The van der Waals surface area contributed by atoms with E-state index in [4.69, 9.17) is 11.6 Å². The van der Waals surface area contributed by atoms with Crippen molar-refractivity contribution in [2.45, 2.75) is 51.1 Å². The van der Waals surface area contributed by atoms with Gasteiger partial charge in [0.2, 0.25) is 5.91 Å². The van der Waals surface area contributed by atoms with Gasteiger partial charge in [-0.2, -0.15) is 5.10 Å². The van der Waals surface area contributed by atoms with Crippen molar-refractivity contribution in [3.05, 3.63) is 29.4 Å². The number of carbonyl (C=O) groups is 1. The molecule has 21 heavy (non-hydrogen) atoms. The normalized spacial score (nSPS) is 16.8. The summed E-state index contributed by atoms with van der Waals surface area (Å²) in [5, 5.41) is 9.09. The largest absolute Gasteiger partial charge is 0.352 e. The smallest absolute Gasteiger partial charge is 0.241 e. The average Bonchev–Trinajstić information content (AvgIpc) is 2.68. The summed E-state index contributed by atoms with van der Waals surface area (Å²) in [4.78, 5) is 12.2. The van der Waals surface area contributed by atoms with Crippen LogP contribution < -0.4 is 5.32 Å². The van der Waals surface area contributed by atoms with Crippen molar-refractivity contribution in [1.29, 1.82) is 0 Å². The lowest BCUT2D eigenvalue weighted by Gasteiger charge is -2.16. The topological polar surface area (TPSA) is 46.9 Å². The number of fused-ring (bicyclic) bond motifs is 1. The second kappa shape index (κ2) is 6.48. The minimum atomic E-state index is 0.0341. The van der Waals surface area contributed by atoms with Crippen molar-refractivity contribution < 1.29 is 4.79 Å². The standard InChI is InChI=1S/C16H20ClN3O/c17-13-8-7-12-10-18-20(15(12)9-13)11-16(21)19-14-5-3-1-2-4-6-14/h7-10,14H,1-6,11H2,(H,19,21). The molecule has 1 saturated carbocycles. The van der Waals surface area contributed by atoms with E-state index in [1.807, 2.05) is 18.2 Å². The molecule has 0 radical (unpaired) electrons. The summed E-state index contributed by atoms with van der Waals surface area (Å²) in [6, 6.07) is 5.93. The number of carbonyl (C=O) groups excluding carboxylic acids is 1. The van der Waals surface area contributed by atoms with Gasteiger partial charge in [0.25, 0.3) is 0 Å². The zero-order valence-corrected chi connectivity index (χ0v) is 12.8.